The van der Waals surface area contributed by atoms with Gasteiger partial charge in [-0.3, -0.25) is 4.79 Å². The van der Waals surface area contributed by atoms with Crippen molar-refractivity contribution in [1.82, 2.24) is 4.90 Å². The largest absolute Gasteiger partial charge is 0.341 e. The molecule has 0 aromatic heterocycles. The molecule has 3 nitrogen and oxygen atoms in total. The zero-order valence-electron chi connectivity index (χ0n) is 8.91. The molecular weight excluding hydrogens is 176 g/mol. The van der Waals surface area contributed by atoms with Crippen LogP contribution in [0.4, 0.5) is 0 Å². The molecule has 2 N–H and O–H groups in total. The van der Waals surface area contributed by atoms with Gasteiger partial charge < -0.3 is 10.6 Å². The van der Waals surface area contributed by atoms with Crippen LogP contribution in [0.1, 0.15) is 26.2 Å². The molecule has 0 radical (unpaired) electrons. The quantitative estimate of drug-likeness (QED) is 0.724. The highest BCUT2D eigenvalue weighted by molar-refractivity contribution is 5.82. The summed E-state index contributed by atoms with van der Waals surface area (Å²) in [5, 5.41) is 0. The van der Waals surface area contributed by atoms with Crippen LogP contribution < -0.4 is 5.73 Å². The van der Waals surface area contributed by atoms with E-state index in [-0.39, 0.29) is 0 Å². The topological polar surface area (TPSA) is 46.3 Å². The summed E-state index contributed by atoms with van der Waals surface area (Å²) in [5.74, 6) is 2.20. The minimum atomic E-state index is 0.368. The van der Waals surface area contributed by atoms with Gasteiger partial charge in [0.1, 0.15) is 0 Å². The van der Waals surface area contributed by atoms with Crippen LogP contribution in [0.15, 0.2) is 0 Å². The lowest BCUT2D eigenvalue weighted by Gasteiger charge is -2.20. The maximum Gasteiger partial charge on any atom is 0.226 e. The highest BCUT2D eigenvalue weighted by atomic mass is 16.2. The summed E-state index contributed by atoms with van der Waals surface area (Å²) in [4.78, 5) is 13.9. The molecule has 2 aliphatic rings. The van der Waals surface area contributed by atoms with E-state index in [1.165, 1.54) is 19.3 Å². The first-order chi connectivity index (χ1) is 6.79. The lowest BCUT2D eigenvalue weighted by molar-refractivity contribution is -0.133. The van der Waals surface area contributed by atoms with Gasteiger partial charge in [0.2, 0.25) is 5.91 Å². The average Bonchev–Trinajstić information content (AvgIpc) is 2.67. The van der Waals surface area contributed by atoms with Gasteiger partial charge in [0.25, 0.3) is 0 Å². The van der Waals surface area contributed by atoms with Crippen LogP contribution in [-0.2, 0) is 4.79 Å². The third-order valence-electron chi connectivity index (χ3n) is 3.78. The molecule has 80 valence electrons. The Bertz CT molecular complexity index is 215. The number of fused-ring (bicyclic) bond motifs is 1. The molecule has 0 aromatic rings. The third-order valence-corrected chi connectivity index (χ3v) is 3.78. The smallest absolute Gasteiger partial charge is 0.226 e. The molecule has 0 saturated heterocycles. The van der Waals surface area contributed by atoms with Gasteiger partial charge in [0, 0.05) is 25.6 Å². The van der Waals surface area contributed by atoms with E-state index in [2.05, 4.69) is 0 Å². The summed E-state index contributed by atoms with van der Waals surface area (Å²) in [5.41, 5.74) is 5.49. The Morgan fingerprint density at radius 2 is 2.07 bits per heavy atom. The van der Waals surface area contributed by atoms with Crippen molar-refractivity contribution in [3.63, 3.8) is 0 Å². The minimum Gasteiger partial charge on any atom is -0.341 e. The molecule has 3 heteroatoms. The molecule has 0 aliphatic heterocycles. The van der Waals surface area contributed by atoms with Crippen molar-refractivity contribution in [2.45, 2.75) is 26.2 Å². The Kier molecular flexibility index (Phi) is 2.77. The van der Waals surface area contributed by atoms with Crippen LogP contribution >= 0.6 is 0 Å². The molecule has 2 unspecified atom stereocenters. The first-order valence-electron chi connectivity index (χ1n) is 5.78. The van der Waals surface area contributed by atoms with E-state index in [1.807, 2.05) is 11.8 Å². The van der Waals surface area contributed by atoms with Crippen LogP contribution in [0, 0.1) is 17.8 Å². The summed E-state index contributed by atoms with van der Waals surface area (Å²) in [6.45, 7) is 4.16. The predicted molar refractivity (Wildman–Crippen MR) is 55.6 cm³/mol. The Labute approximate surface area is 85.6 Å². The second-order valence-electron chi connectivity index (χ2n) is 4.49. The number of carbonyl (C=O) groups is 1. The van der Waals surface area contributed by atoms with Crippen LogP contribution in [-0.4, -0.2) is 30.4 Å². The van der Waals surface area contributed by atoms with Gasteiger partial charge in [0.05, 0.1) is 0 Å². The fraction of sp³-hybridized carbons (Fsp3) is 0.909. The summed E-state index contributed by atoms with van der Waals surface area (Å²) in [6, 6.07) is 0. The second-order valence-corrected chi connectivity index (χ2v) is 4.49. The number of carbonyl (C=O) groups excluding carboxylic acids is 1. The number of hydrogen-bond donors (Lipinski definition) is 1. The SMILES string of the molecule is CCN(CCN)C(=O)C1C2CCCC21. The van der Waals surface area contributed by atoms with E-state index in [4.69, 9.17) is 5.73 Å². The minimum absolute atomic E-state index is 0.368. The van der Waals surface area contributed by atoms with Crippen molar-refractivity contribution in [2.75, 3.05) is 19.6 Å². The van der Waals surface area contributed by atoms with Crippen molar-refractivity contribution in [3.8, 4) is 0 Å². The molecule has 2 saturated carbocycles. The number of hydrogen-bond acceptors (Lipinski definition) is 2. The fourth-order valence-corrected chi connectivity index (χ4v) is 2.98. The van der Waals surface area contributed by atoms with Gasteiger partial charge in [-0.15, -0.1) is 0 Å². The fourth-order valence-electron chi connectivity index (χ4n) is 2.98. The predicted octanol–water partition coefficient (Wildman–Crippen LogP) is 0.840. The Hall–Kier alpha value is -0.570. The summed E-state index contributed by atoms with van der Waals surface area (Å²) in [6.07, 6.45) is 3.89. The molecule has 2 aliphatic carbocycles. The third kappa shape index (κ3) is 1.54. The van der Waals surface area contributed by atoms with Gasteiger partial charge >= 0.3 is 0 Å². The van der Waals surface area contributed by atoms with Crippen LogP contribution in [0.5, 0.6) is 0 Å². The summed E-state index contributed by atoms with van der Waals surface area (Å²) >= 11 is 0. The lowest BCUT2D eigenvalue weighted by atomic mass is 10.1. The Morgan fingerprint density at radius 1 is 1.43 bits per heavy atom. The molecule has 2 rings (SSSR count). The normalized spacial score (nSPS) is 34.0. The summed E-state index contributed by atoms with van der Waals surface area (Å²) < 4.78 is 0. The number of rotatable bonds is 4. The summed E-state index contributed by atoms with van der Waals surface area (Å²) in [7, 11) is 0. The first kappa shape index (κ1) is 9.97. The first-order valence-corrected chi connectivity index (χ1v) is 5.78. The molecular formula is C11H20N2O. The van der Waals surface area contributed by atoms with Crippen LogP contribution in [0.2, 0.25) is 0 Å². The molecule has 0 spiro atoms. The van der Waals surface area contributed by atoms with Crippen molar-refractivity contribution in [2.24, 2.45) is 23.5 Å². The van der Waals surface area contributed by atoms with Crippen molar-refractivity contribution >= 4 is 5.91 Å². The van der Waals surface area contributed by atoms with E-state index in [9.17, 15) is 4.79 Å². The van der Waals surface area contributed by atoms with E-state index in [1.54, 1.807) is 0 Å². The number of nitrogens with two attached hydrogens (primary N) is 1. The van der Waals surface area contributed by atoms with Crippen molar-refractivity contribution in [1.29, 1.82) is 0 Å². The highest BCUT2D eigenvalue weighted by Gasteiger charge is 2.57. The molecule has 14 heavy (non-hydrogen) atoms. The number of amides is 1. The molecule has 1 amide bonds. The molecule has 0 bridgehead atoms. The average molecular weight is 196 g/mol. The number of nitrogens with zero attached hydrogens (tertiary/aromatic N) is 1. The zero-order chi connectivity index (χ0) is 10.1. The van der Waals surface area contributed by atoms with Crippen molar-refractivity contribution < 1.29 is 4.79 Å². The Morgan fingerprint density at radius 3 is 2.57 bits per heavy atom. The Balaban J connectivity index is 1.88. The van der Waals surface area contributed by atoms with Gasteiger partial charge in [0.15, 0.2) is 0 Å². The second kappa shape index (κ2) is 3.89. The van der Waals surface area contributed by atoms with Crippen LogP contribution in [0.3, 0.4) is 0 Å². The van der Waals surface area contributed by atoms with Gasteiger partial charge in [-0.1, -0.05) is 6.42 Å². The van der Waals surface area contributed by atoms with Gasteiger partial charge in [-0.05, 0) is 31.6 Å². The van der Waals surface area contributed by atoms with Gasteiger partial charge in [-0.2, -0.15) is 0 Å². The van der Waals surface area contributed by atoms with Crippen molar-refractivity contribution in [3.05, 3.63) is 0 Å². The molecule has 2 atom stereocenters. The lowest BCUT2D eigenvalue weighted by Crippen LogP contribution is -2.37. The van der Waals surface area contributed by atoms with E-state index in [0.29, 0.717) is 18.4 Å². The van der Waals surface area contributed by atoms with Gasteiger partial charge in [-0.25, -0.2) is 0 Å². The maximum absolute atomic E-state index is 12.0. The zero-order valence-corrected chi connectivity index (χ0v) is 8.91. The standard InChI is InChI=1S/C11H20N2O/c1-2-13(7-6-12)11(14)10-8-4-3-5-9(8)10/h8-10H,2-7,12H2,1H3. The van der Waals surface area contributed by atoms with E-state index in [0.717, 1.165) is 24.9 Å². The highest BCUT2D eigenvalue weighted by Crippen LogP contribution is 2.58. The van der Waals surface area contributed by atoms with Crippen LogP contribution in [0.25, 0.3) is 0 Å². The monoisotopic (exact) mass is 196 g/mol. The maximum atomic E-state index is 12.0. The number of likely N-dealkylation sites (N-methyl/N-ethyl adjacent to an activating group) is 1. The molecule has 2 fully saturated rings. The molecule has 0 aromatic carbocycles. The van der Waals surface area contributed by atoms with E-state index < -0.39 is 0 Å². The molecule has 0 heterocycles. The van der Waals surface area contributed by atoms with E-state index >= 15 is 0 Å².